The van der Waals surface area contributed by atoms with Gasteiger partial charge in [-0.15, -0.1) is 11.3 Å². The molecule has 5 nitrogen and oxygen atoms in total. The number of aromatic nitrogens is 3. The fraction of sp³-hybridized carbons (Fsp3) is 0.235. The van der Waals surface area contributed by atoms with Gasteiger partial charge in [0.25, 0.3) is 0 Å². The number of thiazole rings is 1. The average molecular weight is 344 g/mol. The SMILES string of the molecule is CCc1cnc(CCNc2nccc(Oc3ccc(F)cc3)n2)s1. The number of aryl methyl sites for hydroxylation is 1. The van der Waals surface area contributed by atoms with Crippen LogP contribution in [0.1, 0.15) is 16.8 Å². The molecular weight excluding hydrogens is 327 g/mol. The van der Waals surface area contributed by atoms with Gasteiger partial charge in [-0.2, -0.15) is 4.98 Å². The molecule has 2 aromatic heterocycles. The Morgan fingerprint density at radius 3 is 2.75 bits per heavy atom. The molecule has 24 heavy (non-hydrogen) atoms. The van der Waals surface area contributed by atoms with E-state index in [0.29, 0.717) is 24.1 Å². The first-order chi connectivity index (χ1) is 11.7. The van der Waals surface area contributed by atoms with Crippen molar-refractivity contribution in [2.45, 2.75) is 19.8 Å². The van der Waals surface area contributed by atoms with Gasteiger partial charge in [0.1, 0.15) is 11.6 Å². The van der Waals surface area contributed by atoms with Crippen molar-refractivity contribution >= 4 is 17.3 Å². The highest BCUT2D eigenvalue weighted by Crippen LogP contribution is 2.20. The number of anilines is 1. The van der Waals surface area contributed by atoms with Gasteiger partial charge in [-0.1, -0.05) is 6.92 Å². The van der Waals surface area contributed by atoms with Crippen molar-refractivity contribution < 1.29 is 9.13 Å². The molecular formula is C17H17FN4OS. The zero-order chi connectivity index (χ0) is 16.8. The third-order valence-electron chi connectivity index (χ3n) is 3.24. The lowest BCUT2D eigenvalue weighted by Gasteiger charge is -2.07. The molecule has 0 amide bonds. The van der Waals surface area contributed by atoms with Crippen LogP contribution < -0.4 is 10.1 Å². The Balaban J connectivity index is 1.55. The van der Waals surface area contributed by atoms with Gasteiger partial charge in [-0.05, 0) is 30.7 Å². The minimum absolute atomic E-state index is 0.305. The highest BCUT2D eigenvalue weighted by atomic mass is 32.1. The number of benzene rings is 1. The number of ether oxygens (including phenoxy) is 1. The van der Waals surface area contributed by atoms with Crippen LogP contribution in [0, 0.1) is 5.82 Å². The molecule has 7 heteroatoms. The van der Waals surface area contributed by atoms with Crippen molar-refractivity contribution in [1.82, 2.24) is 15.0 Å². The summed E-state index contributed by atoms with van der Waals surface area (Å²) in [5, 5.41) is 4.26. The molecule has 0 spiro atoms. The summed E-state index contributed by atoms with van der Waals surface area (Å²) in [7, 11) is 0. The highest BCUT2D eigenvalue weighted by Gasteiger charge is 2.04. The Hall–Kier alpha value is -2.54. The van der Waals surface area contributed by atoms with E-state index in [0.717, 1.165) is 17.8 Å². The maximum absolute atomic E-state index is 12.9. The largest absolute Gasteiger partial charge is 0.439 e. The molecule has 0 saturated heterocycles. The maximum atomic E-state index is 12.9. The standard InChI is InChI=1S/C17H17FN4OS/c1-2-14-11-21-16(24-14)8-10-20-17-19-9-7-15(22-17)23-13-5-3-12(18)4-6-13/h3-7,9,11H,2,8,10H2,1H3,(H,19,20,22). The Kier molecular flexibility index (Phi) is 5.32. The average Bonchev–Trinajstić information content (AvgIpc) is 3.05. The van der Waals surface area contributed by atoms with Crippen LogP contribution in [0.5, 0.6) is 11.6 Å². The fourth-order valence-electron chi connectivity index (χ4n) is 2.02. The summed E-state index contributed by atoms with van der Waals surface area (Å²) in [4.78, 5) is 14.1. The minimum atomic E-state index is -0.305. The number of rotatable bonds is 7. The molecule has 124 valence electrons. The van der Waals surface area contributed by atoms with Crippen LogP contribution in [0.2, 0.25) is 0 Å². The molecule has 0 fully saturated rings. The van der Waals surface area contributed by atoms with E-state index >= 15 is 0 Å². The molecule has 3 aromatic rings. The highest BCUT2D eigenvalue weighted by molar-refractivity contribution is 7.11. The molecule has 0 aliphatic rings. The van der Waals surface area contributed by atoms with E-state index in [-0.39, 0.29) is 5.82 Å². The van der Waals surface area contributed by atoms with Crippen LogP contribution in [-0.2, 0) is 12.8 Å². The van der Waals surface area contributed by atoms with E-state index in [1.165, 1.54) is 17.0 Å². The number of nitrogens with one attached hydrogen (secondary N) is 1. The minimum Gasteiger partial charge on any atom is -0.439 e. The summed E-state index contributed by atoms with van der Waals surface area (Å²) >= 11 is 1.73. The number of hydrogen-bond donors (Lipinski definition) is 1. The fourth-order valence-corrected chi connectivity index (χ4v) is 2.88. The molecule has 3 rings (SSSR count). The predicted octanol–water partition coefficient (Wildman–Crippen LogP) is 4.08. The van der Waals surface area contributed by atoms with Crippen molar-refractivity contribution in [1.29, 1.82) is 0 Å². The van der Waals surface area contributed by atoms with Crippen molar-refractivity contribution in [2.75, 3.05) is 11.9 Å². The van der Waals surface area contributed by atoms with E-state index in [9.17, 15) is 4.39 Å². The molecule has 0 atom stereocenters. The van der Waals surface area contributed by atoms with E-state index in [2.05, 4.69) is 27.2 Å². The van der Waals surface area contributed by atoms with Gasteiger partial charge >= 0.3 is 0 Å². The van der Waals surface area contributed by atoms with Crippen LogP contribution in [0.25, 0.3) is 0 Å². The number of nitrogens with zero attached hydrogens (tertiary/aromatic N) is 3. The van der Waals surface area contributed by atoms with Crippen molar-refractivity contribution in [2.24, 2.45) is 0 Å². The van der Waals surface area contributed by atoms with Gasteiger partial charge in [0.05, 0.1) is 5.01 Å². The molecule has 0 aliphatic carbocycles. The second-order valence-corrected chi connectivity index (χ2v) is 6.22. The molecule has 0 saturated carbocycles. The lowest BCUT2D eigenvalue weighted by atomic mass is 10.3. The van der Waals surface area contributed by atoms with E-state index in [4.69, 9.17) is 4.74 Å². The van der Waals surface area contributed by atoms with Crippen LogP contribution in [-0.4, -0.2) is 21.5 Å². The first-order valence-corrected chi connectivity index (χ1v) is 8.48. The van der Waals surface area contributed by atoms with Crippen molar-refractivity contribution in [3.63, 3.8) is 0 Å². The maximum Gasteiger partial charge on any atom is 0.225 e. The summed E-state index contributed by atoms with van der Waals surface area (Å²) in [6.45, 7) is 2.81. The monoisotopic (exact) mass is 344 g/mol. The van der Waals surface area contributed by atoms with Gasteiger partial charge in [-0.25, -0.2) is 14.4 Å². The second-order valence-electron chi connectivity index (χ2n) is 5.03. The molecule has 1 aromatic carbocycles. The van der Waals surface area contributed by atoms with E-state index in [1.807, 2.05) is 6.20 Å². The molecule has 0 aliphatic heterocycles. The zero-order valence-corrected chi connectivity index (χ0v) is 14.0. The smallest absolute Gasteiger partial charge is 0.225 e. The molecule has 2 heterocycles. The summed E-state index contributed by atoms with van der Waals surface area (Å²) < 4.78 is 18.5. The lowest BCUT2D eigenvalue weighted by Crippen LogP contribution is -2.07. The third kappa shape index (κ3) is 4.48. The quantitative estimate of drug-likeness (QED) is 0.700. The van der Waals surface area contributed by atoms with Gasteiger partial charge < -0.3 is 10.1 Å². The Morgan fingerprint density at radius 2 is 2.00 bits per heavy atom. The van der Waals surface area contributed by atoms with Crippen LogP contribution in [0.3, 0.4) is 0 Å². The Bertz CT molecular complexity index is 791. The second kappa shape index (κ2) is 7.83. The van der Waals surface area contributed by atoms with Crippen LogP contribution >= 0.6 is 11.3 Å². The van der Waals surface area contributed by atoms with Crippen molar-refractivity contribution in [3.8, 4) is 11.6 Å². The first kappa shape index (κ1) is 16.3. The van der Waals surface area contributed by atoms with Crippen LogP contribution in [0.15, 0.2) is 42.7 Å². The summed E-state index contributed by atoms with van der Waals surface area (Å²) in [5.41, 5.74) is 0. The molecule has 0 unspecified atom stereocenters. The zero-order valence-electron chi connectivity index (χ0n) is 13.2. The molecule has 0 radical (unpaired) electrons. The molecule has 1 N–H and O–H groups in total. The Labute approximate surface area is 143 Å². The number of halogens is 1. The topological polar surface area (TPSA) is 59.9 Å². The van der Waals surface area contributed by atoms with E-state index < -0.39 is 0 Å². The first-order valence-electron chi connectivity index (χ1n) is 7.67. The number of hydrogen-bond acceptors (Lipinski definition) is 6. The third-order valence-corrected chi connectivity index (χ3v) is 4.44. The van der Waals surface area contributed by atoms with Crippen LogP contribution in [0.4, 0.5) is 10.3 Å². The Morgan fingerprint density at radius 1 is 1.17 bits per heavy atom. The predicted molar refractivity (Wildman–Crippen MR) is 92.2 cm³/mol. The van der Waals surface area contributed by atoms with Gasteiger partial charge in [-0.3, -0.25) is 0 Å². The van der Waals surface area contributed by atoms with Gasteiger partial charge in [0.2, 0.25) is 11.8 Å². The van der Waals surface area contributed by atoms with Gasteiger partial charge in [0, 0.05) is 36.3 Å². The summed E-state index contributed by atoms with van der Waals surface area (Å²) in [6.07, 6.45) is 5.37. The van der Waals surface area contributed by atoms with E-state index in [1.54, 1.807) is 35.7 Å². The van der Waals surface area contributed by atoms with Gasteiger partial charge in [0.15, 0.2) is 0 Å². The summed E-state index contributed by atoms with van der Waals surface area (Å²) in [5.74, 6) is 1.11. The molecule has 0 bridgehead atoms. The normalized spacial score (nSPS) is 10.6. The van der Waals surface area contributed by atoms with Crippen molar-refractivity contribution in [3.05, 3.63) is 58.4 Å². The lowest BCUT2D eigenvalue weighted by molar-refractivity contribution is 0.460. The summed E-state index contributed by atoms with van der Waals surface area (Å²) in [6, 6.07) is 7.45.